The average Bonchev–Trinajstić information content (AvgIpc) is 2.47. The van der Waals surface area contributed by atoms with E-state index in [2.05, 4.69) is 11.4 Å². The number of benzene rings is 2. The molecule has 2 aromatic rings. The van der Waals surface area contributed by atoms with Crippen LogP contribution in [0.1, 0.15) is 30.5 Å². The van der Waals surface area contributed by atoms with E-state index in [0.717, 1.165) is 12.0 Å². The monoisotopic (exact) mass is 286 g/mol. The smallest absolute Gasteiger partial charge is 0.120 e. The largest absolute Gasteiger partial charge is 0.508 e. The first-order chi connectivity index (χ1) is 9.65. The number of halogens is 1. The minimum atomic E-state index is -0.0670. The summed E-state index contributed by atoms with van der Waals surface area (Å²) >= 11 is 6.15. The van der Waals surface area contributed by atoms with Gasteiger partial charge in [-0.2, -0.15) is 5.26 Å². The van der Waals surface area contributed by atoms with Crippen LogP contribution in [-0.2, 0) is 0 Å². The third-order valence-electron chi connectivity index (χ3n) is 3.15. The molecule has 0 amide bonds. The molecular weight excluding hydrogens is 272 g/mol. The summed E-state index contributed by atoms with van der Waals surface area (Å²) < 4.78 is 0. The highest BCUT2D eigenvalue weighted by atomic mass is 35.5. The minimum absolute atomic E-state index is 0.0670. The van der Waals surface area contributed by atoms with Crippen LogP contribution in [-0.4, -0.2) is 5.11 Å². The quantitative estimate of drug-likeness (QED) is 0.871. The Balaban J connectivity index is 2.32. The first kappa shape index (κ1) is 14.2. The van der Waals surface area contributed by atoms with E-state index in [1.54, 1.807) is 30.3 Å². The Morgan fingerprint density at radius 1 is 1.30 bits per heavy atom. The van der Waals surface area contributed by atoms with Gasteiger partial charge in [0.15, 0.2) is 0 Å². The molecule has 0 radical (unpaired) electrons. The van der Waals surface area contributed by atoms with Crippen molar-refractivity contribution in [2.24, 2.45) is 0 Å². The number of para-hydroxylation sites is 1. The van der Waals surface area contributed by atoms with Gasteiger partial charge in [0.05, 0.1) is 28.4 Å². The summed E-state index contributed by atoms with van der Waals surface area (Å²) in [6.07, 6.45) is 0.782. The Morgan fingerprint density at radius 2 is 2.05 bits per heavy atom. The molecule has 2 aromatic carbocycles. The molecule has 0 spiro atoms. The number of nitrogens with one attached hydrogen (secondary N) is 1. The van der Waals surface area contributed by atoms with E-state index in [1.807, 2.05) is 19.1 Å². The fourth-order valence-corrected chi connectivity index (χ4v) is 2.25. The maximum absolute atomic E-state index is 9.93. The lowest BCUT2D eigenvalue weighted by atomic mass is 10.0. The molecule has 0 saturated heterocycles. The van der Waals surface area contributed by atoms with Crippen molar-refractivity contribution in [2.75, 3.05) is 5.32 Å². The molecule has 4 heteroatoms. The zero-order valence-corrected chi connectivity index (χ0v) is 11.9. The van der Waals surface area contributed by atoms with Crippen LogP contribution in [0.25, 0.3) is 0 Å². The molecule has 0 fully saturated rings. The third kappa shape index (κ3) is 3.04. The number of phenols is 1. The van der Waals surface area contributed by atoms with Gasteiger partial charge < -0.3 is 10.4 Å². The van der Waals surface area contributed by atoms with Crippen LogP contribution in [0.2, 0.25) is 5.02 Å². The van der Waals surface area contributed by atoms with E-state index < -0.39 is 0 Å². The second kappa shape index (κ2) is 6.31. The van der Waals surface area contributed by atoms with Crippen LogP contribution in [0.4, 0.5) is 5.69 Å². The number of hydrogen-bond acceptors (Lipinski definition) is 3. The summed E-state index contributed by atoms with van der Waals surface area (Å²) in [5, 5.41) is 22.7. The standard InChI is InChI=1S/C16H15ClN2O/c1-2-14(12-5-3-4-6-16(12)20)19-15-9-11(10-18)7-8-13(15)17/h3-9,14,19-20H,2H2,1H3. The highest BCUT2D eigenvalue weighted by molar-refractivity contribution is 6.33. The van der Waals surface area contributed by atoms with E-state index in [4.69, 9.17) is 16.9 Å². The minimum Gasteiger partial charge on any atom is -0.508 e. The Morgan fingerprint density at radius 3 is 2.70 bits per heavy atom. The topological polar surface area (TPSA) is 56.0 Å². The normalized spacial score (nSPS) is 11.7. The Hall–Kier alpha value is -2.18. The van der Waals surface area contributed by atoms with Gasteiger partial charge in [0.25, 0.3) is 0 Å². The van der Waals surface area contributed by atoms with Crippen LogP contribution >= 0.6 is 11.6 Å². The van der Waals surface area contributed by atoms with Gasteiger partial charge in [-0.05, 0) is 30.7 Å². The maximum atomic E-state index is 9.93. The molecule has 0 saturated carbocycles. The van der Waals surface area contributed by atoms with Crippen molar-refractivity contribution in [3.8, 4) is 11.8 Å². The molecule has 2 N–H and O–H groups in total. The Kier molecular flexibility index (Phi) is 4.49. The van der Waals surface area contributed by atoms with Crippen molar-refractivity contribution in [2.45, 2.75) is 19.4 Å². The molecule has 1 unspecified atom stereocenters. The fraction of sp³-hybridized carbons (Fsp3) is 0.188. The van der Waals surface area contributed by atoms with Gasteiger partial charge in [-0.3, -0.25) is 0 Å². The van der Waals surface area contributed by atoms with Crippen LogP contribution in [0.5, 0.6) is 5.75 Å². The molecule has 3 nitrogen and oxygen atoms in total. The van der Waals surface area contributed by atoms with Gasteiger partial charge in [0.2, 0.25) is 0 Å². The van der Waals surface area contributed by atoms with Crippen molar-refractivity contribution in [1.82, 2.24) is 0 Å². The second-order valence-corrected chi connectivity index (χ2v) is 4.88. The molecular formula is C16H15ClN2O. The lowest BCUT2D eigenvalue weighted by Crippen LogP contribution is -2.10. The van der Waals surface area contributed by atoms with Crippen molar-refractivity contribution < 1.29 is 5.11 Å². The molecule has 0 aromatic heterocycles. The highest BCUT2D eigenvalue weighted by Crippen LogP contribution is 2.32. The number of aromatic hydroxyl groups is 1. The van der Waals surface area contributed by atoms with Crippen LogP contribution in [0.15, 0.2) is 42.5 Å². The molecule has 0 heterocycles. The summed E-state index contributed by atoms with van der Waals surface area (Å²) in [6.45, 7) is 2.02. The average molecular weight is 287 g/mol. The number of hydrogen-bond donors (Lipinski definition) is 2. The summed E-state index contributed by atoms with van der Waals surface area (Å²) in [5.41, 5.74) is 2.05. The number of nitriles is 1. The van der Waals surface area contributed by atoms with Gasteiger partial charge in [0, 0.05) is 5.56 Å². The Bertz CT molecular complexity index is 649. The predicted octanol–water partition coefficient (Wildman–Crippen LogP) is 4.48. The molecule has 20 heavy (non-hydrogen) atoms. The molecule has 2 rings (SSSR count). The molecule has 0 aliphatic heterocycles. The van der Waals surface area contributed by atoms with Crippen molar-refractivity contribution in [3.05, 3.63) is 58.6 Å². The van der Waals surface area contributed by atoms with E-state index in [0.29, 0.717) is 16.3 Å². The zero-order valence-electron chi connectivity index (χ0n) is 11.1. The van der Waals surface area contributed by atoms with Gasteiger partial charge in [-0.15, -0.1) is 0 Å². The number of anilines is 1. The van der Waals surface area contributed by atoms with Crippen LogP contribution in [0.3, 0.4) is 0 Å². The van der Waals surface area contributed by atoms with E-state index in [9.17, 15) is 5.11 Å². The van der Waals surface area contributed by atoms with Gasteiger partial charge in [-0.1, -0.05) is 36.7 Å². The zero-order chi connectivity index (χ0) is 14.5. The molecule has 1 atom stereocenters. The molecule has 0 bridgehead atoms. The number of phenolic OH excluding ortho intramolecular Hbond substituents is 1. The third-order valence-corrected chi connectivity index (χ3v) is 3.48. The lowest BCUT2D eigenvalue weighted by Gasteiger charge is -2.20. The van der Waals surface area contributed by atoms with E-state index in [1.165, 1.54) is 0 Å². The van der Waals surface area contributed by atoms with Gasteiger partial charge in [0.1, 0.15) is 5.75 Å². The maximum Gasteiger partial charge on any atom is 0.120 e. The highest BCUT2D eigenvalue weighted by Gasteiger charge is 2.14. The predicted molar refractivity (Wildman–Crippen MR) is 80.9 cm³/mol. The Labute approximate surface area is 123 Å². The molecule has 102 valence electrons. The van der Waals surface area contributed by atoms with Crippen molar-refractivity contribution in [3.63, 3.8) is 0 Å². The van der Waals surface area contributed by atoms with Crippen LogP contribution in [0, 0.1) is 11.3 Å². The van der Waals surface area contributed by atoms with Crippen molar-refractivity contribution >= 4 is 17.3 Å². The fourth-order valence-electron chi connectivity index (χ4n) is 2.08. The first-order valence-corrected chi connectivity index (χ1v) is 6.77. The van der Waals surface area contributed by atoms with Crippen molar-refractivity contribution in [1.29, 1.82) is 5.26 Å². The number of rotatable bonds is 4. The van der Waals surface area contributed by atoms with Crippen LogP contribution < -0.4 is 5.32 Å². The molecule has 0 aliphatic rings. The van der Waals surface area contributed by atoms with Gasteiger partial charge in [-0.25, -0.2) is 0 Å². The lowest BCUT2D eigenvalue weighted by molar-refractivity contribution is 0.463. The molecule has 0 aliphatic carbocycles. The summed E-state index contributed by atoms with van der Waals surface area (Å²) in [7, 11) is 0. The first-order valence-electron chi connectivity index (χ1n) is 6.39. The second-order valence-electron chi connectivity index (χ2n) is 4.47. The van der Waals surface area contributed by atoms with E-state index in [-0.39, 0.29) is 11.8 Å². The van der Waals surface area contributed by atoms with Gasteiger partial charge >= 0.3 is 0 Å². The van der Waals surface area contributed by atoms with E-state index >= 15 is 0 Å². The summed E-state index contributed by atoms with van der Waals surface area (Å²) in [4.78, 5) is 0. The SMILES string of the molecule is CCC(Nc1cc(C#N)ccc1Cl)c1ccccc1O. The number of nitrogens with zero attached hydrogens (tertiary/aromatic N) is 1. The summed E-state index contributed by atoms with van der Waals surface area (Å²) in [6, 6.07) is 14.3. The summed E-state index contributed by atoms with van der Waals surface area (Å²) in [5.74, 6) is 0.249.